The molecule has 0 bridgehead atoms. The fraction of sp³-hybridized carbons (Fsp3) is 0.476. The van der Waals surface area contributed by atoms with Gasteiger partial charge in [0.05, 0.1) is 11.4 Å². The van der Waals surface area contributed by atoms with E-state index in [4.69, 9.17) is 10.5 Å². The minimum absolute atomic E-state index is 0. The molecule has 2 aromatic rings. The molecule has 0 unspecified atom stereocenters. The van der Waals surface area contributed by atoms with Gasteiger partial charge in [-0.05, 0) is 56.9 Å². The van der Waals surface area contributed by atoms with Crippen molar-refractivity contribution in [2.24, 2.45) is 4.99 Å². The molecule has 1 aromatic heterocycles. The van der Waals surface area contributed by atoms with E-state index in [0.29, 0.717) is 29.9 Å². The first kappa shape index (κ1) is 26.6. The number of rotatable bonds is 11. The number of guanidine groups is 1. The van der Waals surface area contributed by atoms with Crippen molar-refractivity contribution in [3.05, 3.63) is 41.3 Å². The lowest BCUT2D eigenvalue weighted by Crippen LogP contribution is -2.38. The summed E-state index contributed by atoms with van der Waals surface area (Å²) in [6, 6.07) is 7.95. The van der Waals surface area contributed by atoms with Gasteiger partial charge in [-0.15, -0.1) is 24.0 Å². The third kappa shape index (κ3) is 8.34. The SMILES string of the molecule is CCOCCCCNC(=NC)NCCCc1nn(-c2ccc(F)cc2)c(N)c1C#N.I. The summed E-state index contributed by atoms with van der Waals surface area (Å²) in [5, 5.41) is 20.5. The smallest absolute Gasteiger partial charge is 0.190 e. The molecule has 170 valence electrons. The van der Waals surface area contributed by atoms with Gasteiger partial charge in [-0.1, -0.05) is 0 Å². The van der Waals surface area contributed by atoms with E-state index < -0.39 is 0 Å². The second-order valence-corrected chi connectivity index (χ2v) is 6.64. The zero-order chi connectivity index (χ0) is 21.8. The molecule has 10 heteroatoms. The number of nitriles is 1. The molecule has 0 atom stereocenters. The van der Waals surface area contributed by atoms with Crippen LogP contribution in [-0.2, 0) is 11.2 Å². The number of hydrogen-bond acceptors (Lipinski definition) is 5. The highest BCUT2D eigenvalue weighted by molar-refractivity contribution is 14.0. The van der Waals surface area contributed by atoms with Crippen molar-refractivity contribution < 1.29 is 9.13 Å². The zero-order valence-electron chi connectivity index (χ0n) is 18.0. The summed E-state index contributed by atoms with van der Waals surface area (Å²) < 4.78 is 20.0. The second kappa shape index (κ2) is 14.6. The molecule has 4 N–H and O–H groups in total. The van der Waals surface area contributed by atoms with Crippen LogP contribution in [0.2, 0.25) is 0 Å². The molecule has 8 nitrogen and oxygen atoms in total. The van der Waals surface area contributed by atoms with Gasteiger partial charge >= 0.3 is 0 Å². The third-order valence-electron chi connectivity index (χ3n) is 4.50. The molecule has 0 saturated carbocycles. The molecule has 0 aliphatic heterocycles. The maximum Gasteiger partial charge on any atom is 0.190 e. The van der Waals surface area contributed by atoms with Gasteiger partial charge < -0.3 is 21.1 Å². The van der Waals surface area contributed by atoms with Crippen molar-refractivity contribution in [3.8, 4) is 11.8 Å². The third-order valence-corrected chi connectivity index (χ3v) is 4.50. The van der Waals surface area contributed by atoms with Gasteiger partial charge in [0, 0.05) is 33.4 Å². The number of aromatic nitrogens is 2. The largest absolute Gasteiger partial charge is 0.382 e. The fourth-order valence-electron chi connectivity index (χ4n) is 2.92. The summed E-state index contributed by atoms with van der Waals surface area (Å²) in [4.78, 5) is 4.21. The number of halogens is 2. The number of aryl methyl sites for hydroxylation is 1. The van der Waals surface area contributed by atoms with Crippen molar-refractivity contribution in [2.75, 3.05) is 39.1 Å². The minimum Gasteiger partial charge on any atom is -0.382 e. The number of nitrogen functional groups attached to an aromatic ring is 1. The molecular formula is C21H31FIN7O. The molecule has 0 spiro atoms. The first-order valence-electron chi connectivity index (χ1n) is 10.2. The summed E-state index contributed by atoms with van der Waals surface area (Å²) in [6.45, 7) is 5.01. The second-order valence-electron chi connectivity index (χ2n) is 6.64. The van der Waals surface area contributed by atoms with E-state index in [-0.39, 0.29) is 35.6 Å². The predicted molar refractivity (Wildman–Crippen MR) is 131 cm³/mol. The quantitative estimate of drug-likeness (QED) is 0.174. The Kier molecular flexibility index (Phi) is 12.5. The fourth-order valence-corrected chi connectivity index (χ4v) is 2.92. The first-order valence-corrected chi connectivity index (χ1v) is 10.2. The standard InChI is InChI=1S/C21H30FN7O.HI/c1-3-30-14-5-4-12-26-21(25-2)27-13-6-7-19-18(15-23)20(24)29(28-19)17-10-8-16(22)9-11-17;/h8-11H,3-7,12-14,24H2,1-2H3,(H2,25,26,27);1H. The van der Waals surface area contributed by atoms with Crippen molar-refractivity contribution in [1.29, 1.82) is 5.26 Å². The lowest BCUT2D eigenvalue weighted by Gasteiger charge is -2.11. The number of nitrogens with two attached hydrogens (primary N) is 1. The summed E-state index contributed by atoms with van der Waals surface area (Å²) in [5.74, 6) is 0.660. The van der Waals surface area contributed by atoms with Gasteiger partial charge in [0.2, 0.25) is 0 Å². The van der Waals surface area contributed by atoms with Crippen LogP contribution in [0.5, 0.6) is 0 Å². The topological polar surface area (TPSA) is 113 Å². The van der Waals surface area contributed by atoms with Crippen molar-refractivity contribution in [1.82, 2.24) is 20.4 Å². The maximum absolute atomic E-state index is 13.2. The molecule has 2 rings (SSSR count). The van der Waals surface area contributed by atoms with Gasteiger partial charge in [0.1, 0.15) is 23.3 Å². The van der Waals surface area contributed by atoms with Crippen molar-refractivity contribution >= 4 is 35.8 Å². The predicted octanol–water partition coefficient (Wildman–Crippen LogP) is 3.00. The molecule has 0 aliphatic rings. The highest BCUT2D eigenvalue weighted by Gasteiger charge is 2.16. The van der Waals surface area contributed by atoms with E-state index in [1.807, 2.05) is 6.92 Å². The molecule has 1 heterocycles. The summed E-state index contributed by atoms with van der Waals surface area (Å²) in [6.07, 6.45) is 3.35. The molecule has 0 saturated heterocycles. The van der Waals surface area contributed by atoms with Crippen LogP contribution >= 0.6 is 24.0 Å². The molecular weight excluding hydrogens is 512 g/mol. The van der Waals surface area contributed by atoms with Crippen LogP contribution in [0.1, 0.15) is 37.4 Å². The molecule has 0 aliphatic carbocycles. The Bertz CT molecular complexity index is 862. The Morgan fingerprint density at radius 2 is 1.90 bits per heavy atom. The molecule has 0 radical (unpaired) electrons. The Morgan fingerprint density at radius 1 is 1.23 bits per heavy atom. The Balaban J connectivity index is 0.00000480. The van der Waals surface area contributed by atoms with Crippen LogP contribution in [0.3, 0.4) is 0 Å². The Morgan fingerprint density at radius 3 is 2.52 bits per heavy atom. The van der Waals surface area contributed by atoms with Gasteiger partial charge in [-0.25, -0.2) is 9.07 Å². The molecule has 0 fully saturated rings. The van der Waals surface area contributed by atoms with Crippen LogP contribution in [0.15, 0.2) is 29.3 Å². The molecule has 1 aromatic carbocycles. The zero-order valence-corrected chi connectivity index (χ0v) is 20.4. The first-order chi connectivity index (χ1) is 14.6. The Labute approximate surface area is 200 Å². The van der Waals surface area contributed by atoms with E-state index >= 15 is 0 Å². The highest BCUT2D eigenvalue weighted by Crippen LogP contribution is 2.21. The molecule has 31 heavy (non-hydrogen) atoms. The van der Waals surface area contributed by atoms with Crippen LogP contribution in [0.4, 0.5) is 10.2 Å². The number of hydrogen-bond donors (Lipinski definition) is 3. The number of nitrogens with one attached hydrogen (secondary N) is 2. The Hall–Kier alpha value is -2.39. The van der Waals surface area contributed by atoms with Gasteiger partial charge in [-0.2, -0.15) is 10.4 Å². The number of aliphatic imine (C=N–C) groups is 1. The van der Waals surface area contributed by atoms with Crippen molar-refractivity contribution in [3.63, 3.8) is 0 Å². The van der Waals surface area contributed by atoms with Crippen LogP contribution in [0, 0.1) is 17.1 Å². The number of nitrogens with zero attached hydrogens (tertiary/aromatic N) is 4. The van der Waals surface area contributed by atoms with E-state index in [1.165, 1.54) is 16.8 Å². The van der Waals surface area contributed by atoms with Crippen molar-refractivity contribution in [2.45, 2.75) is 32.6 Å². The van der Waals surface area contributed by atoms with Crippen LogP contribution < -0.4 is 16.4 Å². The summed E-state index contributed by atoms with van der Waals surface area (Å²) >= 11 is 0. The molecule has 0 amide bonds. The normalized spacial score (nSPS) is 11.0. The number of ether oxygens (including phenoxy) is 1. The van der Waals surface area contributed by atoms with E-state index in [0.717, 1.165) is 45.0 Å². The van der Waals surface area contributed by atoms with Gasteiger partial charge in [-0.3, -0.25) is 4.99 Å². The monoisotopic (exact) mass is 543 g/mol. The summed E-state index contributed by atoms with van der Waals surface area (Å²) in [5.41, 5.74) is 7.68. The number of unbranched alkanes of at least 4 members (excludes halogenated alkanes) is 1. The van der Waals surface area contributed by atoms with Crippen LogP contribution in [-0.4, -0.2) is 49.1 Å². The lowest BCUT2D eigenvalue weighted by molar-refractivity contribution is 0.143. The maximum atomic E-state index is 13.2. The highest BCUT2D eigenvalue weighted by atomic mass is 127. The van der Waals surface area contributed by atoms with E-state index in [1.54, 1.807) is 19.2 Å². The minimum atomic E-state index is -0.340. The average Bonchev–Trinajstić information content (AvgIpc) is 3.07. The van der Waals surface area contributed by atoms with E-state index in [9.17, 15) is 9.65 Å². The summed E-state index contributed by atoms with van der Waals surface area (Å²) in [7, 11) is 1.73. The lowest BCUT2D eigenvalue weighted by atomic mass is 10.1. The van der Waals surface area contributed by atoms with Crippen LogP contribution in [0.25, 0.3) is 5.69 Å². The average molecular weight is 543 g/mol. The van der Waals surface area contributed by atoms with Gasteiger partial charge in [0.15, 0.2) is 5.96 Å². The number of anilines is 1. The van der Waals surface area contributed by atoms with Gasteiger partial charge in [0.25, 0.3) is 0 Å². The van der Waals surface area contributed by atoms with E-state index in [2.05, 4.69) is 26.8 Å². The number of benzene rings is 1.